The molecule has 0 bridgehead atoms. The number of hydrogen-bond acceptors (Lipinski definition) is 5. The van der Waals surface area contributed by atoms with Crippen LogP contribution in [0.15, 0.2) is 22.6 Å². The van der Waals surface area contributed by atoms with Crippen LogP contribution in [-0.2, 0) is 20.8 Å². The molecule has 0 saturated carbocycles. The molecule has 1 saturated heterocycles. The quantitative estimate of drug-likeness (QED) is 0.883. The Hall–Kier alpha value is -1.92. The van der Waals surface area contributed by atoms with E-state index in [1.807, 2.05) is 25.1 Å². The lowest BCUT2D eigenvalue weighted by Crippen LogP contribution is -2.28. The molecule has 118 valence electrons. The zero-order valence-corrected chi connectivity index (χ0v) is 12.6. The molecule has 1 N–H and O–H groups in total. The highest BCUT2D eigenvalue weighted by Gasteiger charge is 2.16. The molecule has 1 atom stereocenters. The first kappa shape index (κ1) is 15.0. The largest absolute Gasteiger partial charge is 0.439 e. The fourth-order valence-electron chi connectivity index (χ4n) is 2.49. The van der Waals surface area contributed by atoms with Crippen LogP contribution in [0.2, 0.25) is 0 Å². The fourth-order valence-corrected chi connectivity index (χ4v) is 2.49. The fraction of sp³-hybridized carbons (Fsp3) is 0.500. The molecule has 1 aliphatic heterocycles. The third kappa shape index (κ3) is 3.64. The molecule has 0 unspecified atom stereocenters. The second kappa shape index (κ2) is 6.89. The van der Waals surface area contributed by atoms with Crippen molar-refractivity contribution < 1.29 is 18.7 Å². The Morgan fingerprint density at radius 1 is 1.50 bits per heavy atom. The minimum Gasteiger partial charge on any atom is -0.439 e. The maximum atomic E-state index is 11.7. The van der Waals surface area contributed by atoms with Crippen molar-refractivity contribution in [2.45, 2.75) is 32.4 Å². The van der Waals surface area contributed by atoms with Crippen LogP contribution in [0, 0.1) is 6.92 Å². The number of aromatic nitrogens is 1. The lowest BCUT2D eigenvalue weighted by molar-refractivity contribution is -0.127. The van der Waals surface area contributed by atoms with E-state index in [9.17, 15) is 4.79 Å². The zero-order chi connectivity index (χ0) is 15.4. The van der Waals surface area contributed by atoms with Crippen molar-refractivity contribution in [3.63, 3.8) is 0 Å². The van der Waals surface area contributed by atoms with Crippen LogP contribution in [0.4, 0.5) is 0 Å². The van der Waals surface area contributed by atoms with Crippen LogP contribution in [0.25, 0.3) is 11.1 Å². The van der Waals surface area contributed by atoms with E-state index in [1.54, 1.807) is 0 Å². The van der Waals surface area contributed by atoms with Crippen molar-refractivity contribution in [2.24, 2.45) is 0 Å². The Kier molecular flexibility index (Phi) is 4.70. The van der Waals surface area contributed by atoms with Crippen molar-refractivity contribution in [1.82, 2.24) is 10.3 Å². The number of fused-ring (bicyclic) bond motifs is 1. The summed E-state index contributed by atoms with van der Waals surface area (Å²) in [5.41, 5.74) is 2.62. The van der Waals surface area contributed by atoms with Gasteiger partial charge >= 0.3 is 0 Å². The van der Waals surface area contributed by atoms with Gasteiger partial charge in [0.1, 0.15) is 12.1 Å². The van der Waals surface area contributed by atoms with Crippen LogP contribution in [0.1, 0.15) is 24.3 Å². The predicted octanol–water partition coefficient (Wildman–Crippen LogP) is 1.95. The maximum absolute atomic E-state index is 11.7. The zero-order valence-electron chi connectivity index (χ0n) is 12.6. The molecule has 1 aliphatic rings. The molecule has 0 aliphatic carbocycles. The van der Waals surface area contributed by atoms with Gasteiger partial charge in [-0.15, -0.1) is 0 Å². The highest BCUT2D eigenvalue weighted by molar-refractivity contribution is 5.78. The van der Waals surface area contributed by atoms with Crippen LogP contribution in [0.5, 0.6) is 0 Å². The summed E-state index contributed by atoms with van der Waals surface area (Å²) < 4.78 is 16.4. The normalized spacial score (nSPS) is 18.0. The first-order valence-electron chi connectivity index (χ1n) is 7.53. The minimum atomic E-state index is -0.183. The molecule has 22 heavy (non-hydrogen) atoms. The summed E-state index contributed by atoms with van der Waals surface area (Å²) in [7, 11) is 0. The number of aryl methyl sites for hydroxylation is 1. The first-order chi connectivity index (χ1) is 10.7. The van der Waals surface area contributed by atoms with Crippen molar-refractivity contribution in [1.29, 1.82) is 0 Å². The molecule has 2 aromatic rings. The lowest BCUT2D eigenvalue weighted by atomic mass is 10.2. The standard InChI is InChI=1S/C16H20N2O4/c1-11-4-2-6-13-16(11)18-15(22-13)8-17-14(19)10-20-9-12-5-3-7-21-12/h2,4,6,12H,3,5,7-10H2,1H3,(H,17,19)/t12-/m0/s1. The Balaban J connectivity index is 1.44. The number of nitrogens with zero attached hydrogens (tertiary/aromatic N) is 1. The third-order valence-corrected chi connectivity index (χ3v) is 3.66. The molecule has 1 fully saturated rings. The number of amides is 1. The summed E-state index contributed by atoms with van der Waals surface area (Å²) in [6.45, 7) is 3.52. The Labute approximate surface area is 128 Å². The topological polar surface area (TPSA) is 73.6 Å². The van der Waals surface area contributed by atoms with Gasteiger partial charge in [0, 0.05) is 6.61 Å². The lowest BCUT2D eigenvalue weighted by Gasteiger charge is -2.09. The van der Waals surface area contributed by atoms with Gasteiger partial charge in [-0.05, 0) is 31.4 Å². The van der Waals surface area contributed by atoms with E-state index >= 15 is 0 Å². The van der Waals surface area contributed by atoms with Crippen LogP contribution in [0.3, 0.4) is 0 Å². The van der Waals surface area contributed by atoms with Crippen molar-refractivity contribution in [3.8, 4) is 0 Å². The summed E-state index contributed by atoms with van der Waals surface area (Å²) in [5, 5.41) is 2.74. The average Bonchev–Trinajstić information content (AvgIpc) is 3.15. The van der Waals surface area contributed by atoms with E-state index in [0.717, 1.165) is 36.1 Å². The smallest absolute Gasteiger partial charge is 0.246 e. The highest BCUT2D eigenvalue weighted by atomic mass is 16.5. The van der Waals surface area contributed by atoms with Crippen molar-refractivity contribution >= 4 is 17.0 Å². The third-order valence-electron chi connectivity index (χ3n) is 3.66. The number of rotatable bonds is 6. The Morgan fingerprint density at radius 2 is 2.41 bits per heavy atom. The Morgan fingerprint density at radius 3 is 3.18 bits per heavy atom. The summed E-state index contributed by atoms with van der Waals surface area (Å²) in [5.74, 6) is 0.314. The monoisotopic (exact) mass is 304 g/mol. The van der Waals surface area contributed by atoms with Crippen LogP contribution >= 0.6 is 0 Å². The van der Waals surface area contributed by atoms with Crippen molar-refractivity contribution in [2.75, 3.05) is 19.8 Å². The van der Waals surface area contributed by atoms with Crippen LogP contribution in [-0.4, -0.2) is 36.8 Å². The van der Waals surface area contributed by atoms with E-state index in [0.29, 0.717) is 12.5 Å². The van der Waals surface area contributed by atoms with E-state index in [-0.39, 0.29) is 25.2 Å². The van der Waals surface area contributed by atoms with E-state index < -0.39 is 0 Å². The minimum absolute atomic E-state index is 0.0269. The van der Waals surface area contributed by atoms with Gasteiger partial charge in [0.05, 0.1) is 19.3 Å². The molecule has 6 heteroatoms. The van der Waals surface area contributed by atoms with Gasteiger partial charge in [-0.2, -0.15) is 0 Å². The number of ether oxygens (including phenoxy) is 2. The second-order valence-electron chi connectivity index (χ2n) is 5.46. The van der Waals surface area contributed by atoms with Gasteiger partial charge in [-0.3, -0.25) is 4.79 Å². The van der Waals surface area contributed by atoms with Gasteiger partial charge in [-0.25, -0.2) is 4.98 Å². The number of oxazole rings is 1. The molecular formula is C16H20N2O4. The molecular weight excluding hydrogens is 284 g/mol. The van der Waals surface area contributed by atoms with Gasteiger partial charge in [-0.1, -0.05) is 12.1 Å². The number of benzene rings is 1. The molecule has 2 heterocycles. The SMILES string of the molecule is Cc1cccc2oc(CNC(=O)COC[C@@H]3CCCO3)nc12. The Bertz CT molecular complexity index is 647. The maximum Gasteiger partial charge on any atom is 0.246 e. The molecule has 0 spiro atoms. The molecule has 0 radical (unpaired) electrons. The number of carbonyl (C=O) groups is 1. The number of carbonyl (C=O) groups excluding carboxylic acids is 1. The summed E-state index contributed by atoms with van der Waals surface area (Å²) in [6.07, 6.45) is 2.20. The summed E-state index contributed by atoms with van der Waals surface area (Å²) >= 11 is 0. The number of hydrogen-bond donors (Lipinski definition) is 1. The number of para-hydroxylation sites is 1. The summed E-state index contributed by atoms with van der Waals surface area (Å²) in [6, 6.07) is 5.77. The highest BCUT2D eigenvalue weighted by Crippen LogP contribution is 2.18. The summed E-state index contributed by atoms with van der Waals surface area (Å²) in [4.78, 5) is 16.1. The van der Waals surface area contributed by atoms with Gasteiger partial charge < -0.3 is 19.2 Å². The molecule has 1 aromatic heterocycles. The predicted molar refractivity (Wildman–Crippen MR) is 80.4 cm³/mol. The molecule has 6 nitrogen and oxygen atoms in total. The van der Waals surface area contributed by atoms with E-state index in [1.165, 1.54) is 0 Å². The van der Waals surface area contributed by atoms with Gasteiger partial charge in [0.25, 0.3) is 0 Å². The van der Waals surface area contributed by atoms with E-state index in [4.69, 9.17) is 13.9 Å². The van der Waals surface area contributed by atoms with E-state index in [2.05, 4.69) is 10.3 Å². The average molecular weight is 304 g/mol. The van der Waals surface area contributed by atoms with Gasteiger partial charge in [0.15, 0.2) is 5.58 Å². The molecule has 3 rings (SSSR count). The second-order valence-corrected chi connectivity index (χ2v) is 5.46. The van der Waals surface area contributed by atoms with Gasteiger partial charge in [0.2, 0.25) is 11.8 Å². The molecule has 1 aromatic carbocycles. The van der Waals surface area contributed by atoms with Crippen molar-refractivity contribution in [3.05, 3.63) is 29.7 Å². The number of nitrogens with one attached hydrogen (secondary N) is 1. The first-order valence-corrected chi connectivity index (χ1v) is 7.53. The van der Waals surface area contributed by atoms with Crippen LogP contribution < -0.4 is 5.32 Å². The molecule has 1 amide bonds.